The van der Waals surface area contributed by atoms with Crippen molar-refractivity contribution >= 4 is 34.1 Å². The Morgan fingerprint density at radius 1 is 1.35 bits per heavy atom. The molecule has 6 heteroatoms. The molecule has 0 aliphatic rings. The number of thiocarbonyl (C=S) groups is 1. The molecule has 0 bridgehead atoms. The Kier molecular flexibility index (Phi) is 7.27. The standard InChI is InChI=1S/C17H19NO3S2/c1-12(2)15(19)21-10-9-20-14-7-5-13(6-8-14)16(22)23-17(3,4)11-18/h5-8H,1,9-10H2,2-4H3. The Morgan fingerprint density at radius 2 is 1.96 bits per heavy atom. The summed E-state index contributed by atoms with van der Waals surface area (Å²) in [7, 11) is 0. The van der Waals surface area contributed by atoms with E-state index in [2.05, 4.69) is 12.6 Å². The van der Waals surface area contributed by atoms with E-state index in [1.807, 2.05) is 26.0 Å². The van der Waals surface area contributed by atoms with Crippen molar-refractivity contribution in [2.24, 2.45) is 0 Å². The Hall–Kier alpha value is -1.84. The fraction of sp³-hybridized carbons (Fsp3) is 0.353. The van der Waals surface area contributed by atoms with Crippen molar-refractivity contribution in [2.75, 3.05) is 13.2 Å². The van der Waals surface area contributed by atoms with Gasteiger partial charge in [0.15, 0.2) is 0 Å². The predicted molar refractivity (Wildman–Crippen MR) is 96.7 cm³/mol. The number of nitriles is 1. The minimum Gasteiger partial charge on any atom is -0.490 e. The van der Waals surface area contributed by atoms with E-state index in [0.717, 1.165) is 5.56 Å². The van der Waals surface area contributed by atoms with Gasteiger partial charge in [0, 0.05) is 5.57 Å². The van der Waals surface area contributed by atoms with E-state index in [-0.39, 0.29) is 13.2 Å². The van der Waals surface area contributed by atoms with Crippen LogP contribution in [0.4, 0.5) is 0 Å². The van der Waals surface area contributed by atoms with Gasteiger partial charge in [-0.1, -0.05) is 30.6 Å². The summed E-state index contributed by atoms with van der Waals surface area (Å²) in [6.45, 7) is 9.18. The van der Waals surface area contributed by atoms with Crippen LogP contribution in [0.1, 0.15) is 26.3 Å². The molecular weight excluding hydrogens is 330 g/mol. The van der Waals surface area contributed by atoms with E-state index in [1.54, 1.807) is 19.1 Å². The highest BCUT2D eigenvalue weighted by atomic mass is 32.2. The van der Waals surface area contributed by atoms with Gasteiger partial charge in [-0.05, 0) is 50.6 Å². The Labute approximate surface area is 146 Å². The summed E-state index contributed by atoms with van der Waals surface area (Å²) in [5, 5.41) is 9.04. The Morgan fingerprint density at radius 3 is 2.48 bits per heavy atom. The van der Waals surface area contributed by atoms with Crippen molar-refractivity contribution in [1.29, 1.82) is 5.26 Å². The van der Waals surface area contributed by atoms with Gasteiger partial charge in [0.05, 0.1) is 10.3 Å². The predicted octanol–water partition coefficient (Wildman–Crippen LogP) is 3.90. The molecule has 1 aromatic carbocycles. The van der Waals surface area contributed by atoms with Crippen molar-refractivity contribution in [2.45, 2.75) is 25.5 Å². The van der Waals surface area contributed by atoms with Crippen LogP contribution >= 0.6 is 24.0 Å². The van der Waals surface area contributed by atoms with Gasteiger partial charge in [-0.25, -0.2) is 4.79 Å². The molecule has 0 heterocycles. The molecule has 0 fully saturated rings. The maximum atomic E-state index is 11.2. The van der Waals surface area contributed by atoms with Crippen LogP contribution in [0.25, 0.3) is 0 Å². The molecule has 0 atom stereocenters. The Bertz CT molecular complexity index is 630. The molecule has 0 saturated heterocycles. The molecule has 122 valence electrons. The second kappa shape index (κ2) is 8.70. The molecule has 4 nitrogen and oxygen atoms in total. The monoisotopic (exact) mass is 349 g/mol. The number of hydrogen-bond acceptors (Lipinski definition) is 6. The van der Waals surface area contributed by atoms with Gasteiger partial charge in [-0.15, -0.1) is 0 Å². The van der Waals surface area contributed by atoms with Gasteiger partial charge in [-0.2, -0.15) is 5.26 Å². The number of nitrogens with zero attached hydrogens (tertiary/aromatic N) is 1. The summed E-state index contributed by atoms with van der Waals surface area (Å²) in [4.78, 5) is 11.2. The molecule has 1 rings (SSSR count). The highest BCUT2D eigenvalue weighted by Crippen LogP contribution is 2.28. The summed E-state index contributed by atoms with van der Waals surface area (Å²) < 4.78 is 10.5. The van der Waals surface area contributed by atoms with Crippen LogP contribution in [0.5, 0.6) is 5.75 Å². The molecule has 0 saturated carbocycles. The lowest BCUT2D eigenvalue weighted by molar-refractivity contribution is -0.139. The first-order valence-corrected chi connectivity index (χ1v) is 8.18. The van der Waals surface area contributed by atoms with Crippen LogP contribution in [-0.2, 0) is 9.53 Å². The van der Waals surface area contributed by atoms with Crippen LogP contribution in [-0.4, -0.2) is 28.1 Å². The number of rotatable bonds is 7. The fourth-order valence-electron chi connectivity index (χ4n) is 1.42. The molecule has 0 N–H and O–H groups in total. The molecular formula is C17H19NO3S2. The fourth-order valence-corrected chi connectivity index (χ4v) is 2.94. The summed E-state index contributed by atoms with van der Waals surface area (Å²) >= 11 is 6.69. The maximum Gasteiger partial charge on any atom is 0.333 e. The first kappa shape index (κ1) is 19.2. The van der Waals surface area contributed by atoms with E-state index >= 15 is 0 Å². The van der Waals surface area contributed by atoms with Crippen molar-refractivity contribution in [3.8, 4) is 11.8 Å². The summed E-state index contributed by atoms with van der Waals surface area (Å²) in [5.74, 6) is 0.235. The molecule has 0 unspecified atom stereocenters. The number of hydrogen-bond donors (Lipinski definition) is 0. The summed E-state index contributed by atoms with van der Waals surface area (Å²) in [5.41, 5.74) is 1.23. The van der Waals surface area contributed by atoms with E-state index < -0.39 is 10.7 Å². The van der Waals surface area contributed by atoms with E-state index in [4.69, 9.17) is 27.0 Å². The number of ether oxygens (including phenoxy) is 2. The lowest BCUT2D eigenvalue weighted by Gasteiger charge is -2.15. The minimum atomic E-state index is -0.556. The number of esters is 1. The zero-order chi connectivity index (χ0) is 17.5. The zero-order valence-electron chi connectivity index (χ0n) is 13.4. The van der Waals surface area contributed by atoms with E-state index in [0.29, 0.717) is 15.5 Å². The Balaban J connectivity index is 2.48. The molecule has 0 aliphatic carbocycles. The van der Waals surface area contributed by atoms with E-state index in [1.165, 1.54) is 11.8 Å². The maximum absolute atomic E-state index is 11.2. The third kappa shape index (κ3) is 6.85. The third-order valence-corrected chi connectivity index (χ3v) is 4.15. The molecule has 0 amide bonds. The SMILES string of the molecule is C=C(C)C(=O)OCCOc1ccc(C(=S)SC(C)(C)C#N)cc1. The average Bonchev–Trinajstić information content (AvgIpc) is 2.51. The van der Waals surface area contributed by atoms with Crippen molar-refractivity contribution < 1.29 is 14.3 Å². The van der Waals surface area contributed by atoms with Gasteiger partial charge < -0.3 is 9.47 Å². The highest BCUT2D eigenvalue weighted by molar-refractivity contribution is 8.24. The largest absolute Gasteiger partial charge is 0.490 e. The van der Waals surface area contributed by atoms with Crippen LogP contribution in [0.2, 0.25) is 0 Å². The first-order chi connectivity index (χ1) is 10.7. The number of carbonyl (C=O) groups excluding carboxylic acids is 1. The topological polar surface area (TPSA) is 59.3 Å². The highest BCUT2D eigenvalue weighted by Gasteiger charge is 2.20. The normalized spacial score (nSPS) is 10.5. The summed E-state index contributed by atoms with van der Waals surface area (Å²) in [6.07, 6.45) is 0. The number of thioether (sulfide) groups is 1. The van der Waals surface area contributed by atoms with Crippen LogP contribution in [0.3, 0.4) is 0 Å². The van der Waals surface area contributed by atoms with Gasteiger partial charge >= 0.3 is 5.97 Å². The second-order valence-electron chi connectivity index (χ2n) is 5.30. The molecule has 1 aromatic rings. The van der Waals surface area contributed by atoms with Gasteiger partial charge in [0.25, 0.3) is 0 Å². The van der Waals surface area contributed by atoms with E-state index in [9.17, 15) is 4.79 Å². The quantitative estimate of drug-likeness (QED) is 0.322. The van der Waals surface area contributed by atoms with Gasteiger partial charge in [0.1, 0.15) is 23.7 Å². The molecule has 0 radical (unpaired) electrons. The molecule has 0 aliphatic heterocycles. The van der Waals surface area contributed by atoms with Crippen LogP contribution in [0, 0.1) is 11.3 Å². The van der Waals surface area contributed by atoms with Crippen molar-refractivity contribution in [3.05, 3.63) is 42.0 Å². The zero-order valence-corrected chi connectivity index (χ0v) is 15.1. The number of benzene rings is 1. The average molecular weight is 349 g/mol. The third-order valence-electron chi connectivity index (χ3n) is 2.64. The van der Waals surface area contributed by atoms with Gasteiger partial charge in [-0.3, -0.25) is 0 Å². The minimum absolute atomic E-state index is 0.165. The molecule has 23 heavy (non-hydrogen) atoms. The van der Waals surface area contributed by atoms with Crippen molar-refractivity contribution in [1.82, 2.24) is 0 Å². The first-order valence-electron chi connectivity index (χ1n) is 6.95. The van der Waals surface area contributed by atoms with Gasteiger partial charge in [0.2, 0.25) is 0 Å². The summed E-state index contributed by atoms with van der Waals surface area (Å²) in [6, 6.07) is 9.49. The van der Waals surface area contributed by atoms with Crippen LogP contribution in [0.15, 0.2) is 36.4 Å². The second-order valence-corrected chi connectivity index (χ2v) is 7.60. The number of carbonyl (C=O) groups is 1. The lowest BCUT2D eigenvalue weighted by Crippen LogP contribution is -2.14. The van der Waals surface area contributed by atoms with Crippen molar-refractivity contribution in [3.63, 3.8) is 0 Å². The van der Waals surface area contributed by atoms with Crippen LogP contribution < -0.4 is 4.74 Å². The molecule has 0 aromatic heterocycles. The smallest absolute Gasteiger partial charge is 0.333 e. The molecule has 0 spiro atoms. The lowest BCUT2D eigenvalue weighted by atomic mass is 10.2.